The summed E-state index contributed by atoms with van der Waals surface area (Å²) < 4.78 is 0. The number of carbonyl (C=O) groups is 1. The first-order valence-corrected chi connectivity index (χ1v) is 11.8. The monoisotopic (exact) mass is 468 g/mol. The summed E-state index contributed by atoms with van der Waals surface area (Å²) in [4.78, 5) is 30.2. The summed E-state index contributed by atoms with van der Waals surface area (Å²) in [5.41, 5.74) is 5.73. The number of aliphatic hydroxyl groups excluding tert-OH is 1. The van der Waals surface area contributed by atoms with Crippen molar-refractivity contribution in [3.63, 3.8) is 0 Å². The molecule has 8 heteroatoms. The average molecular weight is 469 g/mol. The molecular weight excluding hydrogens is 440 g/mol. The number of pyridine rings is 1. The van der Waals surface area contributed by atoms with E-state index in [1.54, 1.807) is 6.20 Å². The number of hydrogen-bond donors (Lipinski definition) is 2. The van der Waals surface area contributed by atoms with Crippen molar-refractivity contribution >= 4 is 28.4 Å². The van der Waals surface area contributed by atoms with Crippen LogP contribution in [0.5, 0.6) is 0 Å². The fourth-order valence-corrected chi connectivity index (χ4v) is 4.29. The largest absolute Gasteiger partial charge is 0.396 e. The molecule has 1 amide bonds. The van der Waals surface area contributed by atoms with Crippen LogP contribution < -0.4 is 10.2 Å². The summed E-state index contributed by atoms with van der Waals surface area (Å²) in [5, 5.41) is 11.7. The van der Waals surface area contributed by atoms with Gasteiger partial charge >= 0.3 is 0 Å². The zero-order valence-corrected chi connectivity index (χ0v) is 19.5. The first-order chi connectivity index (χ1) is 17.2. The van der Waals surface area contributed by atoms with Crippen molar-refractivity contribution in [3.8, 4) is 11.1 Å². The van der Waals surface area contributed by atoms with Crippen molar-refractivity contribution in [1.82, 2.24) is 19.9 Å². The number of aliphatic hydroxyl groups is 1. The number of nitrogens with zero attached hydrogens (tertiary/aromatic N) is 5. The number of piperazine rings is 1. The molecule has 1 fully saturated rings. The molecule has 35 heavy (non-hydrogen) atoms. The van der Waals surface area contributed by atoms with Crippen molar-refractivity contribution in [2.45, 2.75) is 13.0 Å². The van der Waals surface area contributed by atoms with Gasteiger partial charge in [-0.1, -0.05) is 24.3 Å². The van der Waals surface area contributed by atoms with Gasteiger partial charge in [0.25, 0.3) is 0 Å². The molecule has 5 rings (SSSR count). The van der Waals surface area contributed by atoms with Gasteiger partial charge in [0.05, 0.1) is 30.3 Å². The van der Waals surface area contributed by atoms with Gasteiger partial charge in [-0.25, -0.2) is 4.98 Å². The van der Waals surface area contributed by atoms with E-state index in [0.717, 1.165) is 60.7 Å². The summed E-state index contributed by atoms with van der Waals surface area (Å²) in [5.74, 6) is 0.698. The quantitative estimate of drug-likeness (QED) is 0.430. The van der Waals surface area contributed by atoms with Crippen LogP contribution in [0.1, 0.15) is 12.0 Å². The molecule has 4 aromatic rings. The van der Waals surface area contributed by atoms with E-state index < -0.39 is 0 Å². The van der Waals surface area contributed by atoms with E-state index in [0.29, 0.717) is 5.69 Å². The van der Waals surface area contributed by atoms with Gasteiger partial charge in [-0.15, -0.1) is 0 Å². The number of rotatable bonds is 7. The van der Waals surface area contributed by atoms with Gasteiger partial charge in [0.15, 0.2) is 0 Å². The maximum atomic E-state index is 11.7. The lowest BCUT2D eigenvalue weighted by Gasteiger charge is -2.35. The molecule has 0 bridgehead atoms. The van der Waals surface area contributed by atoms with Crippen LogP contribution in [0.25, 0.3) is 22.2 Å². The molecule has 8 nitrogen and oxygen atoms in total. The molecule has 2 aromatic heterocycles. The number of hydrogen-bond acceptors (Lipinski definition) is 7. The third-order valence-corrected chi connectivity index (χ3v) is 6.20. The van der Waals surface area contributed by atoms with Crippen LogP contribution >= 0.6 is 0 Å². The minimum Gasteiger partial charge on any atom is -0.396 e. The molecule has 0 aliphatic carbocycles. The first-order valence-electron chi connectivity index (χ1n) is 11.8. The second-order valence-electron chi connectivity index (χ2n) is 8.66. The average Bonchev–Trinajstić information content (AvgIpc) is 2.90. The van der Waals surface area contributed by atoms with E-state index in [9.17, 15) is 4.79 Å². The highest BCUT2D eigenvalue weighted by molar-refractivity contribution is 5.91. The van der Waals surface area contributed by atoms with E-state index >= 15 is 0 Å². The van der Waals surface area contributed by atoms with E-state index in [4.69, 9.17) is 10.1 Å². The Morgan fingerprint density at radius 3 is 2.49 bits per heavy atom. The number of carbonyl (C=O) groups excluding carboxylic acids is 1. The Morgan fingerprint density at radius 2 is 1.74 bits per heavy atom. The maximum Gasteiger partial charge on any atom is 0.226 e. The number of amides is 1. The van der Waals surface area contributed by atoms with Gasteiger partial charge in [0, 0.05) is 50.8 Å². The second kappa shape index (κ2) is 10.6. The number of fused-ring (bicyclic) bond motifs is 1. The van der Waals surface area contributed by atoms with Crippen molar-refractivity contribution in [1.29, 1.82) is 0 Å². The zero-order valence-electron chi connectivity index (χ0n) is 19.5. The molecule has 0 radical (unpaired) electrons. The Kier molecular flexibility index (Phi) is 6.92. The third kappa shape index (κ3) is 5.62. The molecule has 1 aliphatic rings. The predicted octanol–water partition coefficient (Wildman–Crippen LogP) is 3.33. The molecule has 0 saturated carbocycles. The Morgan fingerprint density at radius 1 is 0.943 bits per heavy atom. The van der Waals surface area contributed by atoms with Gasteiger partial charge in [0.2, 0.25) is 5.91 Å². The Hall–Kier alpha value is -3.88. The van der Waals surface area contributed by atoms with Crippen molar-refractivity contribution < 1.29 is 9.90 Å². The molecule has 0 unspecified atom stereocenters. The predicted molar refractivity (Wildman–Crippen MR) is 137 cm³/mol. The fourth-order valence-electron chi connectivity index (χ4n) is 4.29. The van der Waals surface area contributed by atoms with Crippen molar-refractivity contribution in [2.75, 3.05) is 43.0 Å². The second-order valence-corrected chi connectivity index (χ2v) is 8.66. The molecule has 1 aliphatic heterocycles. The number of benzene rings is 2. The molecule has 0 spiro atoms. The van der Waals surface area contributed by atoms with E-state index in [2.05, 4.69) is 37.2 Å². The molecule has 178 valence electrons. The van der Waals surface area contributed by atoms with Crippen LogP contribution in [0.4, 0.5) is 11.5 Å². The Labute approximate surface area is 204 Å². The van der Waals surface area contributed by atoms with E-state index in [-0.39, 0.29) is 18.9 Å². The van der Waals surface area contributed by atoms with Crippen LogP contribution in [-0.4, -0.2) is 63.7 Å². The zero-order chi connectivity index (χ0) is 24.0. The minimum atomic E-state index is -0.202. The lowest BCUT2D eigenvalue weighted by atomic mass is 10.0. The summed E-state index contributed by atoms with van der Waals surface area (Å²) in [6, 6.07) is 17.8. The van der Waals surface area contributed by atoms with Crippen LogP contribution in [-0.2, 0) is 11.3 Å². The SMILES string of the molecule is O=C(CCO)Nc1ccc(-c2ccc3ncc(N4CCN(Cc5cccnc5)CC4)nc3c2)cc1. The third-order valence-electron chi connectivity index (χ3n) is 6.20. The van der Waals surface area contributed by atoms with Gasteiger partial charge < -0.3 is 15.3 Å². The summed E-state index contributed by atoms with van der Waals surface area (Å²) >= 11 is 0. The van der Waals surface area contributed by atoms with Gasteiger partial charge in [-0.3, -0.25) is 19.7 Å². The number of aromatic nitrogens is 3. The minimum absolute atomic E-state index is 0.0903. The van der Waals surface area contributed by atoms with Crippen molar-refractivity contribution in [3.05, 3.63) is 78.8 Å². The molecule has 2 aromatic carbocycles. The summed E-state index contributed by atoms with van der Waals surface area (Å²) in [7, 11) is 0. The molecule has 2 N–H and O–H groups in total. The smallest absolute Gasteiger partial charge is 0.226 e. The molecular formula is C27H28N6O2. The van der Waals surface area contributed by atoms with Crippen molar-refractivity contribution in [2.24, 2.45) is 0 Å². The van der Waals surface area contributed by atoms with Crippen LogP contribution in [0, 0.1) is 0 Å². The highest BCUT2D eigenvalue weighted by atomic mass is 16.3. The van der Waals surface area contributed by atoms with Crippen LogP contribution in [0.3, 0.4) is 0 Å². The summed E-state index contributed by atoms with van der Waals surface area (Å²) in [6.07, 6.45) is 5.69. The van der Waals surface area contributed by atoms with Crippen LogP contribution in [0.2, 0.25) is 0 Å². The topological polar surface area (TPSA) is 94.5 Å². The first kappa shape index (κ1) is 22.9. The van der Waals surface area contributed by atoms with Gasteiger partial charge in [-0.2, -0.15) is 0 Å². The fraction of sp³-hybridized carbons (Fsp3) is 0.259. The normalized spacial score (nSPS) is 14.3. The Balaban J connectivity index is 1.27. The van der Waals surface area contributed by atoms with E-state index in [1.165, 1.54) is 5.56 Å². The highest BCUT2D eigenvalue weighted by Gasteiger charge is 2.19. The Bertz CT molecular complexity index is 1290. The number of anilines is 2. The van der Waals surface area contributed by atoms with Gasteiger partial charge in [0.1, 0.15) is 5.82 Å². The van der Waals surface area contributed by atoms with Crippen LogP contribution in [0.15, 0.2) is 73.2 Å². The highest BCUT2D eigenvalue weighted by Crippen LogP contribution is 2.26. The molecule has 1 saturated heterocycles. The van der Waals surface area contributed by atoms with E-state index in [1.807, 2.05) is 54.9 Å². The lowest BCUT2D eigenvalue weighted by Crippen LogP contribution is -2.46. The van der Waals surface area contributed by atoms with Gasteiger partial charge in [-0.05, 0) is 47.0 Å². The maximum absolute atomic E-state index is 11.7. The lowest BCUT2D eigenvalue weighted by molar-refractivity contribution is -0.116. The number of nitrogens with one attached hydrogen (secondary N) is 1. The summed E-state index contributed by atoms with van der Waals surface area (Å²) in [6.45, 7) is 4.50. The standard InChI is InChI=1S/C27H28N6O2/c34-15-9-27(35)30-23-6-3-21(4-7-23)22-5-8-24-25(16-22)31-26(18-29-24)33-13-11-32(12-14-33)19-20-2-1-10-28-17-20/h1-8,10,16-18,34H,9,11-15,19H2,(H,30,35). The molecule has 0 atom stereocenters. The molecule has 3 heterocycles.